The zero-order valence-corrected chi connectivity index (χ0v) is 23.3. The smallest absolute Gasteiger partial charge is 0.248 e. The molecule has 0 bridgehead atoms. The van der Waals surface area contributed by atoms with Gasteiger partial charge >= 0.3 is 0 Å². The van der Waals surface area contributed by atoms with E-state index in [0.29, 0.717) is 12.0 Å². The topological polar surface area (TPSA) is 60.2 Å². The van der Waals surface area contributed by atoms with Gasteiger partial charge in [0.15, 0.2) is 5.78 Å². The number of aryl methyl sites for hydroxylation is 2. The number of primary amides is 1. The maximum Gasteiger partial charge on any atom is 0.248 e. The van der Waals surface area contributed by atoms with Gasteiger partial charge in [0.05, 0.1) is 0 Å². The maximum absolute atomic E-state index is 13.2. The van der Waals surface area contributed by atoms with Crippen LogP contribution in [-0.2, 0) is 17.6 Å². The molecule has 0 heterocycles. The number of Topliss-reactive ketones (excluding diaryl/α,β-unsaturated/α-hetero) is 1. The van der Waals surface area contributed by atoms with Crippen LogP contribution in [0, 0.1) is 11.6 Å². The second-order valence-electron chi connectivity index (χ2n) is 9.55. The molecule has 2 N–H and O–H groups in total. The molecule has 2 aliphatic rings. The number of carbonyl (C=O) groups excluding carboxylic acids is 2. The van der Waals surface area contributed by atoms with Crippen LogP contribution in [0.3, 0.4) is 0 Å². The lowest BCUT2D eigenvalue weighted by atomic mass is 9.90. The third kappa shape index (κ3) is 6.90. The molecule has 4 aromatic rings. The lowest BCUT2D eigenvalue weighted by Crippen LogP contribution is -2.16. The fourth-order valence-corrected chi connectivity index (χ4v) is 6.69. The Hall–Kier alpha value is -3.68. The van der Waals surface area contributed by atoms with Gasteiger partial charge in [0, 0.05) is 37.1 Å². The molecule has 0 aromatic heterocycles. The fraction of sp³-hybridized carbons (Fsp3) is 0.152. The summed E-state index contributed by atoms with van der Waals surface area (Å²) >= 11 is 3.03. The minimum atomic E-state index is -0.388. The van der Waals surface area contributed by atoms with Gasteiger partial charge in [-0.15, -0.1) is 0 Å². The van der Waals surface area contributed by atoms with Gasteiger partial charge in [0.2, 0.25) is 5.91 Å². The SMILES string of the molecule is NC(=O)C1=CCCc2cc(Sc3cccc(F)c3)ccc21.O=C1CCCc2cc(Sc3cccc(F)c3)ccc21. The molecule has 40 heavy (non-hydrogen) atoms. The number of ketones is 1. The number of allylic oxidation sites excluding steroid dienone is 1. The Kier molecular flexibility index (Phi) is 8.82. The van der Waals surface area contributed by atoms with E-state index in [2.05, 4.69) is 12.1 Å². The summed E-state index contributed by atoms with van der Waals surface area (Å²) in [6.45, 7) is 0. The molecule has 0 atom stereocenters. The first-order valence-electron chi connectivity index (χ1n) is 13.0. The molecule has 4 aromatic carbocycles. The van der Waals surface area contributed by atoms with Crippen LogP contribution in [-0.4, -0.2) is 11.7 Å². The van der Waals surface area contributed by atoms with Crippen molar-refractivity contribution in [3.63, 3.8) is 0 Å². The van der Waals surface area contributed by atoms with Crippen molar-refractivity contribution in [2.45, 2.75) is 51.7 Å². The molecule has 0 saturated carbocycles. The number of amides is 1. The largest absolute Gasteiger partial charge is 0.366 e. The average molecular weight is 572 g/mol. The number of fused-ring (bicyclic) bond motifs is 2. The minimum absolute atomic E-state index is 0.224. The highest BCUT2D eigenvalue weighted by atomic mass is 32.2. The Morgan fingerprint density at radius 3 is 1.80 bits per heavy atom. The number of hydrogen-bond donors (Lipinski definition) is 1. The van der Waals surface area contributed by atoms with Gasteiger partial charge in [0.1, 0.15) is 11.6 Å². The summed E-state index contributed by atoms with van der Waals surface area (Å²) < 4.78 is 26.3. The second-order valence-corrected chi connectivity index (χ2v) is 11.8. The Morgan fingerprint density at radius 2 is 1.23 bits per heavy atom. The summed E-state index contributed by atoms with van der Waals surface area (Å²) in [5.74, 6) is -0.611. The van der Waals surface area contributed by atoms with Crippen LogP contribution >= 0.6 is 23.5 Å². The maximum atomic E-state index is 13.2. The molecule has 7 heteroatoms. The lowest BCUT2D eigenvalue weighted by Gasteiger charge is -2.16. The first kappa shape index (κ1) is 27.9. The molecule has 0 aliphatic heterocycles. The number of benzene rings is 4. The molecular weight excluding hydrogens is 544 g/mol. The van der Waals surface area contributed by atoms with Crippen LogP contribution in [0.15, 0.2) is 111 Å². The van der Waals surface area contributed by atoms with Gasteiger partial charge < -0.3 is 5.73 Å². The molecule has 3 nitrogen and oxygen atoms in total. The zero-order chi connectivity index (χ0) is 28.1. The third-order valence-corrected chi connectivity index (χ3v) is 8.64. The Bertz CT molecular complexity index is 1620. The third-order valence-electron chi connectivity index (χ3n) is 6.69. The molecular formula is C33H27F2NO2S2. The van der Waals surface area contributed by atoms with Gasteiger partial charge in [-0.25, -0.2) is 8.78 Å². The minimum Gasteiger partial charge on any atom is -0.366 e. The Morgan fingerprint density at radius 1 is 0.675 bits per heavy atom. The van der Waals surface area contributed by atoms with Crippen LogP contribution < -0.4 is 5.73 Å². The molecule has 202 valence electrons. The van der Waals surface area contributed by atoms with E-state index in [0.717, 1.165) is 67.5 Å². The van der Waals surface area contributed by atoms with E-state index >= 15 is 0 Å². The summed E-state index contributed by atoms with van der Waals surface area (Å²) in [5, 5.41) is 0. The van der Waals surface area contributed by atoms with Crippen molar-refractivity contribution < 1.29 is 18.4 Å². The van der Waals surface area contributed by atoms with E-state index < -0.39 is 0 Å². The highest BCUT2D eigenvalue weighted by Crippen LogP contribution is 2.34. The summed E-state index contributed by atoms with van der Waals surface area (Å²) in [7, 11) is 0. The Balaban J connectivity index is 0.000000162. The van der Waals surface area contributed by atoms with Crippen LogP contribution in [0.4, 0.5) is 8.78 Å². The van der Waals surface area contributed by atoms with Crippen LogP contribution in [0.2, 0.25) is 0 Å². The molecule has 0 spiro atoms. The number of rotatable bonds is 5. The predicted molar refractivity (Wildman–Crippen MR) is 157 cm³/mol. The van der Waals surface area contributed by atoms with Gasteiger partial charge in [-0.05, 0) is 103 Å². The van der Waals surface area contributed by atoms with Gasteiger partial charge in [-0.1, -0.05) is 53.9 Å². The number of carbonyl (C=O) groups is 2. The van der Waals surface area contributed by atoms with E-state index in [1.807, 2.05) is 42.5 Å². The molecule has 1 amide bonds. The van der Waals surface area contributed by atoms with Gasteiger partial charge in [-0.3, -0.25) is 9.59 Å². The van der Waals surface area contributed by atoms with E-state index in [9.17, 15) is 18.4 Å². The lowest BCUT2D eigenvalue weighted by molar-refractivity contribution is -0.112. The number of halogens is 2. The van der Waals surface area contributed by atoms with E-state index in [1.165, 1.54) is 47.8 Å². The van der Waals surface area contributed by atoms with E-state index in [-0.39, 0.29) is 23.3 Å². The van der Waals surface area contributed by atoms with Crippen molar-refractivity contribution in [2.75, 3.05) is 0 Å². The molecule has 0 fully saturated rings. The standard InChI is InChI=1S/C17H14FNOS.C16H13FOS/c18-12-4-2-5-13(10-12)21-14-7-8-15-11(9-14)3-1-6-16(15)17(19)20;17-12-4-2-5-13(10-12)19-14-7-8-15-11(9-14)3-1-6-16(15)18/h2,4-10H,1,3H2,(H2,19,20);2,4-5,7-10H,1,3,6H2. The average Bonchev–Trinajstić information content (AvgIpc) is 2.93. The molecule has 0 saturated heterocycles. The summed E-state index contributed by atoms with van der Waals surface area (Å²) in [6.07, 6.45) is 6.15. The van der Waals surface area contributed by atoms with Crippen molar-refractivity contribution in [1.29, 1.82) is 0 Å². The van der Waals surface area contributed by atoms with E-state index in [4.69, 9.17) is 5.73 Å². The van der Waals surface area contributed by atoms with Crippen molar-refractivity contribution >= 4 is 40.8 Å². The molecule has 0 radical (unpaired) electrons. The summed E-state index contributed by atoms with van der Waals surface area (Å²) in [6, 6.07) is 24.9. The van der Waals surface area contributed by atoms with Gasteiger partial charge in [-0.2, -0.15) is 0 Å². The highest BCUT2D eigenvalue weighted by Gasteiger charge is 2.18. The second kappa shape index (κ2) is 12.7. The van der Waals surface area contributed by atoms with E-state index in [1.54, 1.807) is 12.1 Å². The van der Waals surface area contributed by atoms with Crippen molar-refractivity contribution in [1.82, 2.24) is 0 Å². The first-order valence-corrected chi connectivity index (χ1v) is 14.7. The van der Waals surface area contributed by atoms with Gasteiger partial charge in [0.25, 0.3) is 0 Å². The number of nitrogens with two attached hydrogens (primary N) is 1. The molecule has 6 rings (SSSR count). The molecule has 2 aliphatic carbocycles. The zero-order valence-electron chi connectivity index (χ0n) is 21.7. The fourth-order valence-electron chi connectivity index (χ4n) is 4.84. The van der Waals surface area contributed by atoms with Crippen LogP contribution in [0.1, 0.15) is 46.3 Å². The summed E-state index contributed by atoms with van der Waals surface area (Å²) in [5.41, 5.74) is 10.0. The molecule has 0 unspecified atom stereocenters. The first-order chi connectivity index (χ1) is 19.4. The predicted octanol–water partition coefficient (Wildman–Crippen LogP) is 8.29. The van der Waals surface area contributed by atoms with Crippen LogP contribution in [0.5, 0.6) is 0 Å². The quantitative estimate of drug-likeness (QED) is 0.262. The highest BCUT2D eigenvalue weighted by molar-refractivity contribution is 7.99. The van der Waals surface area contributed by atoms with Crippen molar-refractivity contribution in [3.8, 4) is 0 Å². The number of hydrogen-bond acceptors (Lipinski definition) is 4. The normalized spacial score (nSPS) is 13.8. The van der Waals surface area contributed by atoms with Crippen LogP contribution in [0.25, 0.3) is 5.57 Å². The Labute approximate surface area is 240 Å². The van der Waals surface area contributed by atoms with Crippen molar-refractivity contribution in [2.24, 2.45) is 5.73 Å². The summed E-state index contributed by atoms with van der Waals surface area (Å²) in [4.78, 5) is 27.0. The monoisotopic (exact) mass is 571 g/mol. The van der Waals surface area contributed by atoms with Crippen molar-refractivity contribution in [3.05, 3.63) is 125 Å².